The lowest BCUT2D eigenvalue weighted by Crippen LogP contribution is -2.13. The summed E-state index contributed by atoms with van der Waals surface area (Å²) in [5.74, 6) is 0. The average molecular weight is 603 g/mol. The van der Waals surface area contributed by atoms with Crippen LogP contribution in [0, 0.1) is 5.41 Å². The maximum atomic E-state index is 8.80. The van der Waals surface area contributed by atoms with Gasteiger partial charge in [0.1, 0.15) is 5.71 Å². The molecule has 1 heterocycles. The summed E-state index contributed by atoms with van der Waals surface area (Å²) in [6.45, 7) is 0. The molecule has 1 aliphatic carbocycles. The zero-order valence-corrected chi connectivity index (χ0v) is 25.6. The summed E-state index contributed by atoms with van der Waals surface area (Å²) in [7, 11) is 0. The lowest BCUT2D eigenvalue weighted by molar-refractivity contribution is 1.32. The molecule has 0 saturated heterocycles. The summed E-state index contributed by atoms with van der Waals surface area (Å²) in [5.41, 5.74) is 13.9. The molecule has 6 aromatic carbocycles. The van der Waals surface area contributed by atoms with E-state index < -0.39 is 0 Å². The number of aromatic nitrogens is 1. The molecule has 0 saturated carbocycles. The third-order valence-electron chi connectivity index (χ3n) is 8.64. The highest BCUT2D eigenvalue weighted by atomic mass is 15.3. The van der Waals surface area contributed by atoms with Gasteiger partial charge in [0.25, 0.3) is 0 Å². The van der Waals surface area contributed by atoms with Gasteiger partial charge in [-0.05, 0) is 96.9 Å². The third-order valence-corrected chi connectivity index (χ3v) is 8.64. The molecule has 2 N–H and O–H groups in total. The van der Waals surface area contributed by atoms with Crippen LogP contribution < -0.4 is 5.43 Å². The maximum Gasteiger partial charge on any atom is 0.108 e. The Morgan fingerprint density at radius 1 is 0.511 bits per heavy atom. The lowest BCUT2D eigenvalue weighted by Gasteiger charge is -2.18. The fraction of sp³-hybridized carbons (Fsp3) is 0. The summed E-state index contributed by atoms with van der Waals surface area (Å²) >= 11 is 0. The van der Waals surface area contributed by atoms with Crippen molar-refractivity contribution in [3.63, 3.8) is 0 Å². The van der Waals surface area contributed by atoms with Crippen LogP contribution in [0.3, 0.4) is 0 Å². The first-order chi connectivity index (χ1) is 23.2. The molecule has 4 heteroatoms. The van der Waals surface area contributed by atoms with Gasteiger partial charge in [0.05, 0.1) is 11.4 Å². The Hall–Kier alpha value is -6.39. The van der Waals surface area contributed by atoms with Crippen molar-refractivity contribution in [3.05, 3.63) is 176 Å². The number of rotatable bonds is 6. The Bertz CT molecular complexity index is 2330. The van der Waals surface area contributed by atoms with Crippen molar-refractivity contribution in [1.29, 1.82) is 5.41 Å². The van der Waals surface area contributed by atoms with Gasteiger partial charge in [0.15, 0.2) is 0 Å². The van der Waals surface area contributed by atoms with E-state index >= 15 is 0 Å². The van der Waals surface area contributed by atoms with Gasteiger partial charge in [-0.25, -0.2) is 0 Å². The standard InChI is InChI=1S/C43H30N4/c44-40-27-32(22-23-41(40)47-46-35-17-9-14-31(26-35)34-16-10-24-45-28-34)30-13-8-15-33(25-30)43-38-20-6-4-18-36(38)42(29-11-2-1-3-12-29)37-19-5-7-21-39(37)43/h1-28,44,46H/b44-40?,47-41-. The molecule has 0 aliphatic heterocycles. The lowest BCUT2D eigenvalue weighted by atomic mass is 9.85. The smallest absolute Gasteiger partial charge is 0.108 e. The summed E-state index contributed by atoms with van der Waals surface area (Å²) < 4.78 is 0. The Kier molecular flexibility index (Phi) is 7.29. The van der Waals surface area contributed by atoms with Gasteiger partial charge >= 0.3 is 0 Å². The molecule has 47 heavy (non-hydrogen) atoms. The number of nitrogens with zero attached hydrogens (tertiary/aromatic N) is 2. The topological polar surface area (TPSA) is 61.1 Å². The molecule has 8 rings (SSSR count). The number of fused-ring (bicyclic) bond motifs is 2. The average Bonchev–Trinajstić information content (AvgIpc) is 3.14. The predicted octanol–water partition coefficient (Wildman–Crippen LogP) is 10.8. The number of pyridine rings is 1. The summed E-state index contributed by atoms with van der Waals surface area (Å²) in [4.78, 5) is 4.22. The van der Waals surface area contributed by atoms with Crippen molar-refractivity contribution in [2.75, 3.05) is 5.43 Å². The van der Waals surface area contributed by atoms with Crippen LogP contribution in [0.1, 0.15) is 5.56 Å². The van der Waals surface area contributed by atoms with E-state index in [-0.39, 0.29) is 0 Å². The van der Waals surface area contributed by atoms with E-state index in [2.05, 4.69) is 119 Å². The first kappa shape index (κ1) is 28.1. The molecule has 0 spiro atoms. The molecule has 0 radical (unpaired) electrons. The third kappa shape index (κ3) is 5.43. The van der Waals surface area contributed by atoms with E-state index in [1.807, 2.05) is 60.8 Å². The van der Waals surface area contributed by atoms with Crippen molar-refractivity contribution in [1.82, 2.24) is 4.98 Å². The second kappa shape index (κ2) is 12.2. The maximum absolute atomic E-state index is 8.80. The number of hydrogen-bond donors (Lipinski definition) is 2. The Balaban J connectivity index is 1.13. The van der Waals surface area contributed by atoms with Crippen LogP contribution in [0.15, 0.2) is 175 Å². The molecule has 222 valence electrons. The minimum Gasteiger partial charge on any atom is -0.299 e. The van der Waals surface area contributed by atoms with E-state index in [0.29, 0.717) is 11.4 Å². The molecule has 4 nitrogen and oxygen atoms in total. The molecule has 7 aromatic rings. The number of nitrogens with one attached hydrogen (secondary N) is 2. The Morgan fingerprint density at radius 3 is 1.79 bits per heavy atom. The van der Waals surface area contributed by atoms with Crippen molar-refractivity contribution < 1.29 is 0 Å². The minimum absolute atomic E-state index is 0.354. The van der Waals surface area contributed by atoms with Gasteiger partial charge in [0, 0.05) is 18.0 Å². The van der Waals surface area contributed by atoms with E-state index in [1.54, 1.807) is 6.20 Å². The van der Waals surface area contributed by atoms with Gasteiger partial charge in [-0.15, -0.1) is 0 Å². The largest absolute Gasteiger partial charge is 0.299 e. The van der Waals surface area contributed by atoms with Crippen molar-refractivity contribution in [3.8, 4) is 33.4 Å². The first-order valence-corrected chi connectivity index (χ1v) is 15.7. The highest BCUT2D eigenvalue weighted by Crippen LogP contribution is 2.43. The quantitative estimate of drug-likeness (QED) is 0.113. The van der Waals surface area contributed by atoms with Gasteiger partial charge in [-0.1, -0.05) is 121 Å². The van der Waals surface area contributed by atoms with Crippen molar-refractivity contribution in [2.45, 2.75) is 0 Å². The molecule has 0 amide bonds. The van der Waals surface area contributed by atoms with Gasteiger partial charge in [-0.2, -0.15) is 5.10 Å². The normalized spacial score (nSPS) is 13.7. The Labute approximate surface area is 273 Å². The summed E-state index contributed by atoms with van der Waals surface area (Å²) in [6, 6.07) is 48.7. The second-order valence-corrected chi connectivity index (χ2v) is 11.6. The molecule has 1 aliphatic rings. The van der Waals surface area contributed by atoms with E-state index in [1.165, 1.54) is 38.2 Å². The first-order valence-electron chi connectivity index (χ1n) is 15.7. The van der Waals surface area contributed by atoms with Crippen LogP contribution in [0.2, 0.25) is 0 Å². The highest BCUT2D eigenvalue weighted by molar-refractivity contribution is 6.51. The van der Waals surface area contributed by atoms with Crippen LogP contribution in [-0.2, 0) is 0 Å². The SMILES string of the molecule is N=C1C=C(c2cccc(-c3c4ccccc4c(-c4ccccc4)c4ccccc34)c2)C=C/C1=N/Nc1cccc(-c2cccnc2)c1. The van der Waals surface area contributed by atoms with Crippen LogP contribution in [0.5, 0.6) is 0 Å². The monoisotopic (exact) mass is 602 g/mol. The summed E-state index contributed by atoms with van der Waals surface area (Å²) in [5, 5.41) is 18.3. The van der Waals surface area contributed by atoms with Gasteiger partial charge in [-0.3, -0.25) is 15.8 Å². The molecule has 0 bridgehead atoms. The number of hydrazone groups is 1. The van der Waals surface area contributed by atoms with Crippen LogP contribution in [-0.4, -0.2) is 16.4 Å². The van der Waals surface area contributed by atoms with E-state index in [9.17, 15) is 0 Å². The van der Waals surface area contributed by atoms with E-state index in [0.717, 1.165) is 33.5 Å². The van der Waals surface area contributed by atoms with Crippen LogP contribution in [0.25, 0.3) is 60.5 Å². The highest BCUT2D eigenvalue weighted by Gasteiger charge is 2.17. The number of benzene rings is 6. The van der Waals surface area contributed by atoms with Crippen LogP contribution >= 0.6 is 0 Å². The van der Waals surface area contributed by atoms with Gasteiger partial charge < -0.3 is 0 Å². The van der Waals surface area contributed by atoms with Crippen molar-refractivity contribution in [2.24, 2.45) is 5.10 Å². The fourth-order valence-electron chi connectivity index (χ4n) is 6.45. The predicted molar refractivity (Wildman–Crippen MR) is 198 cm³/mol. The summed E-state index contributed by atoms with van der Waals surface area (Å²) in [6.07, 6.45) is 9.45. The van der Waals surface area contributed by atoms with E-state index in [4.69, 9.17) is 5.41 Å². The number of anilines is 1. The molecule has 0 atom stereocenters. The van der Waals surface area contributed by atoms with Gasteiger partial charge in [0.2, 0.25) is 0 Å². The molecule has 1 aromatic heterocycles. The zero-order chi connectivity index (χ0) is 31.6. The molecular formula is C43H30N4. The molecule has 0 unspecified atom stereocenters. The molecule has 0 fully saturated rings. The van der Waals surface area contributed by atoms with Crippen molar-refractivity contribution >= 4 is 44.2 Å². The van der Waals surface area contributed by atoms with Crippen LogP contribution in [0.4, 0.5) is 5.69 Å². The molecular weight excluding hydrogens is 573 g/mol. The minimum atomic E-state index is 0.354. The second-order valence-electron chi connectivity index (χ2n) is 11.6. The number of allylic oxidation sites excluding steroid dienone is 4. The zero-order valence-electron chi connectivity index (χ0n) is 25.6. The Morgan fingerprint density at radius 2 is 1.11 bits per heavy atom. The number of hydrogen-bond acceptors (Lipinski definition) is 4. The fourth-order valence-corrected chi connectivity index (χ4v) is 6.45.